The average Bonchev–Trinajstić information content (AvgIpc) is 3.04. The number of esters is 1. The average molecular weight is 473 g/mol. The van der Waals surface area contributed by atoms with Crippen molar-refractivity contribution in [2.45, 2.75) is 19.9 Å². The maximum absolute atomic E-state index is 13.5. The van der Waals surface area contributed by atoms with Crippen LogP contribution < -0.4 is 14.9 Å². The van der Waals surface area contributed by atoms with Gasteiger partial charge in [0.05, 0.1) is 22.4 Å². The Kier molecular flexibility index (Phi) is 6.14. The maximum Gasteiger partial charge on any atom is 0.338 e. The highest BCUT2D eigenvalue weighted by molar-refractivity contribution is 7.07. The van der Waals surface area contributed by atoms with Crippen LogP contribution in [0.3, 0.4) is 0 Å². The lowest BCUT2D eigenvalue weighted by Crippen LogP contribution is -2.40. The van der Waals surface area contributed by atoms with Gasteiger partial charge in [0.25, 0.3) is 5.56 Å². The van der Waals surface area contributed by atoms with Gasteiger partial charge in [-0.15, -0.1) is 0 Å². The summed E-state index contributed by atoms with van der Waals surface area (Å²) in [6, 6.07) is 13.7. The number of carbonyl (C=O) groups is 1. The quantitative estimate of drug-likeness (QED) is 0.536. The molecule has 3 aromatic rings. The van der Waals surface area contributed by atoms with Crippen LogP contribution in [-0.2, 0) is 9.53 Å². The molecule has 0 saturated heterocycles. The van der Waals surface area contributed by atoms with Crippen LogP contribution in [0.4, 0.5) is 0 Å². The van der Waals surface area contributed by atoms with Crippen molar-refractivity contribution in [3.63, 3.8) is 0 Å². The molecule has 0 aliphatic carbocycles. The molecule has 1 aliphatic rings. The van der Waals surface area contributed by atoms with Gasteiger partial charge in [-0.2, -0.15) is 0 Å². The second-order valence-electron chi connectivity index (χ2n) is 6.85. The van der Waals surface area contributed by atoms with Crippen LogP contribution in [0.2, 0.25) is 10.0 Å². The number of hydrogen-bond acceptors (Lipinski definition) is 5. The number of hydrogen-bond donors (Lipinski definition) is 0. The van der Waals surface area contributed by atoms with Crippen molar-refractivity contribution in [2.24, 2.45) is 4.99 Å². The van der Waals surface area contributed by atoms with E-state index in [2.05, 4.69) is 4.99 Å². The molecule has 1 aliphatic heterocycles. The standard InChI is InChI=1S/C23H18Cl2N2O3S/c1-3-30-22(29)19-13(2)26-23-27(20(19)15-9-5-7-11-17(15)25)21(28)18(31-23)12-14-8-4-6-10-16(14)24/h4-12,20H,3H2,1-2H3/b18-12+/t20-/m0/s1. The Hall–Kier alpha value is -2.67. The zero-order valence-electron chi connectivity index (χ0n) is 16.8. The van der Waals surface area contributed by atoms with Crippen LogP contribution in [-0.4, -0.2) is 17.1 Å². The zero-order valence-corrected chi connectivity index (χ0v) is 19.1. The Morgan fingerprint density at radius 1 is 1.16 bits per heavy atom. The number of aromatic nitrogens is 1. The molecule has 0 radical (unpaired) electrons. The molecule has 0 amide bonds. The first-order valence-corrected chi connectivity index (χ1v) is 11.2. The SMILES string of the molecule is CCOC(=O)C1=C(C)N=c2s/c(=C/c3ccccc3Cl)c(=O)n2[C@H]1c1ccccc1Cl. The lowest BCUT2D eigenvalue weighted by Gasteiger charge is -2.25. The molecule has 0 bridgehead atoms. The van der Waals surface area contributed by atoms with E-state index in [0.717, 1.165) is 5.56 Å². The Labute approximate surface area is 192 Å². The van der Waals surface area contributed by atoms with Crippen molar-refractivity contribution in [1.82, 2.24) is 4.57 Å². The summed E-state index contributed by atoms with van der Waals surface area (Å²) in [5.41, 5.74) is 1.88. The number of thiazole rings is 1. The van der Waals surface area contributed by atoms with Gasteiger partial charge < -0.3 is 4.74 Å². The minimum atomic E-state index is -0.739. The number of nitrogens with zero attached hydrogens (tertiary/aromatic N) is 2. The third-order valence-electron chi connectivity index (χ3n) is 4.91. The van der Waals surface area contributed by atoms with Crippen molar-refractivity contribution in [3.05, 3.63) is 101 Å². The third kappa shape index (κ3) is 3.99. The summed E-state index contributed by atoms with van der Waals surface area (Å²) in [6.07, 6.45) is 1.74. The molecule has 0 fully saturated rings. The maximum atomic E-state index is 13.5. The van der Waals surface area contributed by atoms with E-state index >= 15 is 0 Å². The van der Waals surface area contributed by atoms with Crippen molar-refractivity contribution in [3.8, 4) is 0 Å². The lowest BCUT2D eigenvalue weighted by atomic mass is 9.96. The van der Waals surface area contributed by atoms with Gasteiger partial charge in [0.1, 0.15) is 6.04 Å². The minimum absolute atomic E-state index is 0.210. The van der Waals surface area contributed by atoms with Crippen LogP contribution in [0.15, 0.2) is 69.6 Å². The van der Waals surface area contributed by atoms with Gasteiger partial charge in [0, 0.05) is 10.0 Å². The first-order chi connectivity index (χ1) is 14.9. The van der Waals surface area contributed by atoms with Crippen LogP contribution in [0.1, 0.15) is 31.0 Å². The van der Waals surface area contributed by atoms with E-state index in [0.29, 0.717) is 36.2 Å². The number of rotatable bonds is 4. The molecule has 31 heavy (non-hydrogen) atoms. The number of benzene rings is 2. The summed E-state index contributed by atoms with van der Waals surface area (Å²) in [5.74, 6) is -0.519. The molecule has 0 unspecified atom stereocenters. The van der Waals surface area contributed by atoms with Gasteiger partial charge in [-0.3, -0.25) is 9.36 Å². The van der Waals surface area contributed by atoms with Crippen molar-refractivity contribution >= 4 is 46.6 Å². The fourth-order valence-corrected chi connectivity index (χ4v) is 4.98. The molecular weight excluding hydrogens is 455 g/mol. The molecular formula is C23H18Cl2N2O3S. The number of fused-ring (bicyclic) bond motifs is 1. The lowest BCUT2D eigenvalue weighted by molar-refractivity contribution is -0.139. The summed E-state index contributed by atoms with van der Waals surface area (Å²) in [4.78, 5) is 31.4. The molecule has 5 nitrogen and oxygen atoms in total. The van der Waals surface area contributed by atoms with E-state index < -0.39 is 12.0 Å². The highest BCUT2D eigenvalue weighted by Gasteiger charge is 2.34. The molecule has 2 heterocycles. The second-order valence-corrected chi connectivity index (χ2v) is 8.67. The van der Waals surface area contributed by atoms with Crippen LogP contribution >= 0.6 is 34.5 Å². The summed E-state index contributed by atoms with van der Waals surface area (Å²) in [7, 11) is 0. The first-order valence-electron chi connectivity index (χ1n) is 9.61. The van der Waals surface area contributed by atoms with E-state index in [9.17, 15) is 9.59 Å². The van der Waals surface area contributed by atoms with Gasteiger partial charge in [0.2, 0.25) is 0 Å². The predicted molar refractivity (Wildman–Crippen MR) is 123 cm³/mol. The van der Waals surface area contributed by atoms with E-state index in [-0.39, 0.29) is 12.2 Å². The smallest absolute Gasteiger partial charge is 0.338 e. The van der Waals surface area contributed by atoms with Crippen molar-refractivity contribution < 1.29 is 9.53 Å². The first kappa shape index (κ1) is 21.6. The fraction of sp³-hybridized carbons (Fsp3) is 0.174. The summed E-state index contributed by atoms with van der Waals surface area (Å²) in [5, 5.41) is 0.990. The molecule has 0 spiro atoms. The Morgan fingerprint density at radius 3 is 2.52 bits per heavy atom. The van der Waals surface area contributed by atoms with Gasteiger partial charge >= 0.3 is 5.97 Å². The molecule has 1 aromatic heterocycles. The molecule has 0 N–H and O–H groups in total. The van der Waals surface area contributed by atoms with E-state index in [1.165, 1.54) is 15.9 Å². The summed E-state index contributed by atoms with van der Waals surface area (Å²) >= 11 is 14.0. The number of ether oxygens (including phenoxy) is 1. The van der Waals surface area contributed by atoms with Gasteiger partial charge in [0.15, 0.2) is 4.80 Å². The molecule has 1 atom stereocenters. The third-order valence-corrected chi connectivity index (χ3v) is 6.58. The fourth-order valence-electron chi connectivity index (χ4n) is 3.52. The number of carbonyl (C=O) groups excluding carboxylic acids is 1. The van der Waals surface area contributed by atoms with E-state index in [1.54, 1.807) is 44.2 Å². The van der Waals surface area contributed by atoms with E-state index in [1.807, 2.05) is 24.3 Å². The molecule has 4 rings (SSSR count). The van der Waals surface area contributed by atoms with Crippen molar-refractivity contribution in [2.75, 3.05) is 6.61 Å². The minimum Gasteiger partial charge on any atom is -0.463 e. The van der Waals surface area contributed by atoms with Gasteiger partial charge in [-0.05, 0) is 43.2 Å². The summed E-state index contributed by atoms with van der Waals surface area (Å²) in [6.45, 7) is 3.68. The Balaban J connectivity index is 2.00. The van der Waals surface area contributed by atoms with Crippen LogP contribution in [0, 0.1) is 0 Å². The Morgan fingerprint density at radius 2 is 1.84 bits per heavy atom. The highest BCUT2D eigenvalue weighted by atomic mass is 35.5. The monoisotopic (exact) mass is 472 g/mol. The number of allylic oxidation sites excluding steroid dienone is 1. The molecule has 158 valence electrons. The molecule has 8 heteroatoms. The highest BCUT2D eigenvalue weighted by Crippen LogP contribution is 2.34. The summed E-state index contributed by atoms with van der Waals surface area (Å²) < 4.78 is 7.25. The second kappa shape index (κ2) is 8.83. The van der Waals surface area contributed by atoms with E-state index in [4.69, 9.17) is 27.9 Å². The zero-order chi connectivity index (χ0) is 22.1. The van der Waals surface area contributed by atoms with Crippen molar-refractivity contribution in [1.29, 1.82) is 0 Å². The normalized spacial score (nSPS) is 16.1. The van der Waals surface area contributed by atoms with Crippen LogP contribution in [0.25, 0.3) is 6.08 Å². The van der Waals surface area contributed by atoms with Gasteiger partial charge in [-0.1, -0.05) is 70.9 Å². The van der Waals surface area contributed by atoms with Crippen LogP contribution in [0.5, 0.6) is 0 Å². The largest absolute Gasteiger partial charge is 0.463 e. The predicted octanol–water partition coefficient (Wildman–Crippen LogP) is 4.11. The Bertz CT molecular complexity index is 1390. The topological polar surface area (TPSA) is 60.7 Å². The molecule has 2 aromatic carbocycles. The van der Waals surface area contributed by atoms with Gasteiger partial charge in [-0.25, -0.2) is 9.79 Å². The molecule has 0 saturated carbocycles. The number of halogens is 2.